The molecule has 1 N–H and O–H groups in total. The normalized spacial score (nSPS) is 13.2. The van der Waals surface area contributed by atoms with E-state index in [1.165, 1.54) is 5.69 Å². The fraction of sp³-hybridized carbons (Fsp3) is 0.667. The third kappa shape index (κ3) is 2.34. The van der Waals surface area contributed by atoms with Gasteiger partial charge in [-0.15, -0.1) is 0 Å². The van der Waals surface area contributed by atoms with E-state index in [2.05, 4.69) is 5.10 Å². The van der Waals surface area contributed by atoms with Crippen molar-refractivity contribution in [1.82, 2.24) is 9.78 Å². The van der Waals surface area contributed by atoms with Crippen LogP contribution in [0.15, 0.2) is 12.3 Å². The second-order valence-electron chi connectivity index (χ2n) is 3.05. The Labute approximate surface area is 73.0 Å². The topological polar surface area (TPSA) is 38.1 Å². The molecule has 0 aromatic carbocycles. The maximum atomic E-state index is 9.32. The maximum absolute atomic E-state index is 9.32. The molecule has 0 radical (unpaired) electrons. The van der Waals surface area contributed by atoms with Gasteiger partial charge in [0.1, 0.15) is 0 Å². The predicted octanol–water partition coefficient (Wildman–Crippen LogP) is 1.12. The largest absolute Gasteiger partial charge is 0.393 e. The number of nitrogens with zero attached hydrogens (tertiary/aromatic N) is 2. The number of aliphatic hydroxyl groups excluding tert-OH is 1. The highest BCUT2D eigenvalue weighted by Crippen LogP contribution is 2.05. The molecule has 68 valence electrons. The molecule has 3 nitrogen and oxygen atoms in total. The first-order chi connectivity index (χ1) is 5.74. The van der Waals surface area contributed by atoms with Crippen LogP contribution in [0.4, 0.5) is 0 Å². The molecule has 0 amide bonds. The summed E-state index contributed by atoms with van der Waals surface area (Å²) in [6.07, 6.45) is 4.19. The van der Waals surface area contributed by atoms with Gasteiger partial charge in [-0.3, -0.25) is 4.68 Å². The average molecular weight is 168 g/mol. The lowest BCUT2D eigenvalue weighted by Gasteiger charge is -2.06. The summed E-state index contributed by atoms with van der Waals surface area (Å²) < 4.78 is 1.85. The van der Waals surface area contributed by atoms with Crippen molar-refractivity contribution in [1.29, 1.82) is 0 Å². The molecular weight excluding hydrogens is 152 g/mol. The minimum Gasteiger partial charge on any atom is -0.393 e. The lowest BCUT2D eigenvalue weighted by Crippen LogP contribution is -2.07. The Morgan fingerprint density at radius 1 is 1.67 bits per heavy atom. The highest BCUT2D eigenvalue weighted by Gasteiger charge is 2.03. The second-order valence-corrected chi connectivity index (χ2v) is 3.05. The van der Waals surface area contributed by atoms with E-state index in [0.717, 1.165) is 19.3 Å². The van der Waals surface area contributed by atoms with Gasteiger partial charge in [0, 0.05) is 18.9 Å². The summed E-state index contributed by atoms with van der Waals surface area (Å²) in [5, 5.41) is 13.4. The Hall–Kier alpha value is -0.830. The smallest absolute Gasteiger partial charge is 0.0541 e. The van der Waals surface area contributed by atoms with E-state index in [0.29, 0.717) is 0 Å². The highest BCUT2D eigenvalue weighted by molar-refractivity contribution is 4.99. The molecule has 1 aromatic rings. The first-order valence-electron chi connectivity index (χ1n) is 4.39. The Morgan fingerprint density at radius 2 is 2.42 bits per heavy atom. The molecule has 0 bridgehead atoms. The zero-order chi connectivity index (χ0) is 8.97. The molecule has 1 aromatic heterocycles. The molecule has 1 unspecified atom stereocenters. The molecular formula is C9H16N2O. The lowest BCUT2D eigenvalue weighted by atomic mass is 10.1. The van der Waals surface area contributed by atoms with E-state index in [9.17, 15) is 5.11 Å². The van der Waals surface area contributed by atoms with Crippen molar-refractivity contribution in [2.75, 3.05) is 0 Å². The number of hydrogen-bond donors (Lipinski definition) is 1. The summed E-state index contributed by atoms with van der Waals surface area (Å²) in [6, 6.07) is 1.99. The summed E-state index contributed by atoms with van der Waals surface area (Å²) in [5.41, 5.74) is 1.18. The van der Waals surface area contributed by atoms with E-state index in [1.807, 2.05) is 24.7 Å². The van der Waals surface area contributed by atoms with Gasteiger partial charge in [-0.1, -0.05) is 6.92 Å². The van der Waals surface area contributed by atoms with Gasteiger partial charge in [0.2, 0.25) is 0 Å². The third-order valence-electron chi connectivity index (χ3n) is 2.13. The van der Waals surface area contributed by atoms with Gasteiger partial charge in [-0.2, -0.15) is 5.10 Å². The molecule has 0 aliphatic carbocycles. The van der Waals surface area contributed by atoms with Crippen LogP contribution in [0.2, 0.25) is 0 Å². The van der Waals surface area contributed by atoms with Gasteiger partial charge in [0.05, 0.1) is 6.10 Å². The Bertz CT molecular complexity index is 232. The van der Waals surface area contributed by atoms with Gasteiger partial charge in [0.15, 0.2) is 0 Å². The first kappa shape index (κ1) is 9.26. The molecule has 1 atom stereocenters. The number of hydrogen-bond acceptors (Lipinski definition) is 2. The number of aryl methyl sites for hydroxylation is 2. The van der Waals surface area contributed by atoms with Crippen molar-refractivity contribution >= 4 is 0 Å². The molecule has 0 fully saturated rings. The van der Waals surface area contributed by atoms with Gasteiger partial charge in [-0.25, -0.2) is 0 Å². The Balaban J connectivity index is 2.38. The zero-order valence-corrected chi connectivity index (χ0v) is 7.70. The molecule has 12 heavy (non-hydrogen) atoms. The third-order valence-corrected chi connectivity index (χ3v) is 2.13. The molecule has 0 spiro atoms. The molecule has 1 rings (SSSR count). The van der Waals surface area contributed by atoms with Crippen molar-refractivity contribution in [2.45, 2.75) is 32.3 Å². The molecule has 3 heteroatoms. The maximum Gasteiger partial charge on any atom is 0.0541 e. The van der Waals surface area contributed by atoms with Crippen LogP contribution in [0.1, 0.15) is 25.5 Å². The Morgan fingerprint density at radius 3 is 2.92 bits per heavy atom. The summed E-state index contributed by atoms with van der Waals surface area (Å²) >= 11 is 0. The summed E-state index contributed by atoms with van der Waals surface area (Å²) in [5.74, 6) is 0. The molecule has 0 saturated carbocycles. The Kier molecular flexibility index (Phi) is 3.29. The number of aliphatic hydroxyl groups is 1. The molecule has 0 aliphatic rings. The molecule has 0 saturated heterocycles. The summed E-state index contributed by atoms with van der Waals surface area (Å²) in [7, 11) is 1.92. The van der Waals surface area contributed by atoms with Crippen LogP contribution in [-0.4, -0.2) is 21.0 Å². The fourth-order valence-electron chi connectivity index (χ4n) is 1.17. The van der Waals surface area contributed by atoms with Crippen molar-refractivity contribution in [3.63, 3.8) is 0 Å². The van der Waals surface area contributed by atoms with Crippen LogP contribution in [0.3, 0.4) is 0 Å². The van der Waals surface area contributed by atoms with Crippen molar-refractivity contribution in [2.24, 2.45) is 7.05 Å². The standard InChI is InChI=1S/C9H16N2O/c1-3-9(12)5-4-8-6-7-10-11(8)2/h6-7,9,12H,3-5H2,1-2H3. The number of aromatic nitrogens is 2. The monoisotopic (exact) mass is 168 g/mol. The summed E-state index contributed by atoms with van der Waals surface area (Å²) in [6.45, 7) is 1.99. The first-order valence-corrected chi connectivity index (χ1v) is 4.39. The second kappa shape index (κ2) is 4.26. The van der Waals surface area contributed by atoms with Gasteiger partial charge < -0.3 is 5.11 Å². The fourth-order valence-corrected chi connectivity index (χ4v) is 1.17. The van der Waals surface area contributed by atoms with Crippen molar-refractivity contribution in [3.05, 3.63) is 18.0 Å². The number of rotatable bonds is 4. The summed E-state index contributed by atoms with van der Waals surface area (Å²) in [4.78, 5) is 0. The molecule has 0 aliphatic heterocycles. The van der Waals surface area contributed by atoms with Gasteiger partial charge in [-0.05, 0) is 25.3 Å². The lowest BCUT2D eigenvalue weighted by molar-refractivity contribution is 0.160. The van der Waals surface area contributed by atoms with Gasteiger partial charge >= 0.3 is 0 Å². The quantitative estimate of drug-likeness (QED) is 0.731. The van der Waals surface area contributed by atoms with Crippen LogP contribution in [-0.2, 0) is 13.5 Å². The van der Waals surface area contributed by atoms with E-state index in [-0.39, 0.29) is 6.10 Å². The van der Waals surface area contributed by atoms with Crippen LogP contribution in [0.5, 0.6) is 0 Å². The molecule has 1 heterocycles. The van der Waals surface area contributed by atoms with Crippen LogP contribution in [0, 0.1) is 0 Å². The minimum atomic E-state index is -0.167. The van der Waals surface area contributed by atoms with E-state index in [4.69, 9.17) is 0 Å². The van der Waals surface area contributed by atoms with Gasteiger partial charge in [0.25, 0.3) is 0 Å². The van der Waals surface area contributed by atoms with Crippen LogP contribution in [0.25, 0.3) is 0 Å². The SMILES string of the molecule is CCC(O)CCc1ccnn1C. The predicted molar refractivity (Wildman–Crippen MR) is 47.8 cm³/mol. The van der Waals surface area contributed by atoms with E-state index in [1.54, 1.807) is 6.20 Å². The van der Waals surface area contributed by atoms with Crippen LogP contribution < -0.4 is 0 Å². The van der Waals surface area contributed by atoms with E-state index >= 15 is 0 Å². The average Bonchev–Trinajstić information content (AvgIpc) is 2.47. The minimum absolute atomic E-state index is 0.167. The van der Waals surface area contributed by atoms with Crippen molar-refractivity contribution < 1.29 is 5.11 Å². The zero-order valence-electron chi connectivity index (χ0n) is 7.70. The highest BCUT2D eigenvalue weighted by atomic mass is 16.3. The van der Waals surface area contributed by atoms with Crippen LogP contribution >= 0.6 is 0 Å². The van der Waals surface area contributed by atoms with Crippen molar-refractivity contribution in [3.8, 4) is 0 Å². The van der Waals surface area contributed by atoms with E-state index < -0.39 is 0 Å².